The largest absolute Gasteiger partial charge is 0.463 e. The lowest BCUT2D eigenvalue weighted by Gasteiger charge is -2.25. The van der Waals surface area contributed by atoms with E-state index in [0.29, 0.717) is 12.0 Å². The van der Waals surface area contributed by atoms with Crippen LogP contribution in [0.15, 0.2) is 27.9 Å². The fourth-order valence-electron chi connectivity index (χ4n) is 4.71. The van der Waals surface area contributed by atoms with Crippen molar-refractivity contribution in [3.05, 3.63) is 44.8 Å². The second-order valence-electron chi connectivity index (χ2n) is 9.83. The number of nitrogens with one attached hydrogen (secondary N) is 1. The third kappa shape index (κ3) is 9.85. The lowest BCUT2D eigenvalue weighted by molar-refractivity contribution is -0.155. The zero-order valence-electron chi connectivity index (χ0n) is 22.5. The molecular formula is C27H41N3O8. The van der Waals surface area contributed by atoms with Crippen LogP contribution in [-0.2, 0) is 35.0 Å². The van der Waals surface area contributed by atoms with E-state index >= 15 is 0 Å². The van der Waals surface area contributed by atoms with E-state index < -0.39 is 41.6 Å². The minimum Gasteiger partial charge on any atom is -0.463 e. The molecule has 2 saturated heterocycles. The summed E-state index contributed by atoms with van der Waals surface area (Å²) in [5.41, 5.74) is -0.491. The smallest absolute Gasteiger partial charge is 0.330 e. The lowest BCUT2D eigenvalue weighted by Crippen LogP contribution is -2.36. The molecule has 2 fully saturated rings. The van der Waals surface area contributed by atoms with Crippen molar-refractivity contribution in [1.82, 2.24) is 14.5 Å². The molecule has 0 aliphatic carbocycles. The van der Waals surface area contributed by atoms with Crippen molar-refractivity contribution < 1.29 is 28.5 Å². The number of aromatic amines is 1. The Morgan fingerprint density at radius 2 is 1.79 bits per heavy atom. The number of H-pyrrole nitrogens is 1. The normalized spacial score (nSPS) is 22.1. The molecule has 0 saturated carbocycles. The maximum absolute atomic E-state index is 12.5. The van der Waals surface area contributed by atoms with E-state index in [9.17, 15) is 19.2 Å². The Labute approximate surface area is 223 Å². The van der Waals surface area contributed by atoms with Crippen LogP contribution in [0.4, 0.5) is 0 Å². The third-order valence-electron chi connectivity index (χ3n) is 6.75. The summed E-state index contributed by atoms with van der Waals surface area (Å²) in [4.78, 5) is 52.4. The number of hydrogen-bond acceptors (Lipinski definition) is 9. The van der Waals surface area contributed by atoms with Gasteiger partial charge in [-0.15, -0.1) is 0 Å². The van der Waals surface area contributed by atoms with Crippen LogP contribution in [0.5, 0.6) is 0 Å². The molecule has 212 valence electrons. The summed E-state index contributed by atoms with van der Waals surface area (Å²) in [5.74, 6) is -0.979. The molecule has 0 amide bonds. The molecule has 38 heavy (non-hydrogen) atoms. The van der Waals surface area contributed by atoms with Gasteiger partial charge in [0, 0.05) is 51.7 Å². The zero-order valence-corrected chi connectivity index (χ0v) is 22.5. The molecule has 1 aromatic rings. The maximum atomic E-state index is 12.5. The summed E-state index contributed by atoms with van der Waals surface area (Å²) >= 11 is 0. The minimum absolute atomic E-state index is 0.0988. The van der Waals surface area contributed by atoms with Gasteiger partial charge in [-0.1, -0.05) is 31.4 Å². The number of carbonyl (C=O) groups is 2. The van der Waals surface area contributed by atoms with Crippen molar-refractivity contribution in [1.29, 1.82) is 0 Å². The molecular weight excluding hydrogens is 494 g/mol. The molecule has 0 radical (unpaired) electrons. The topological polar surface area (TPSA) is 129 Å². The molecule has 11 heteroatoms. The Hall–Kier alpha value is -2.76. The predicted molar refractivity (Wildman–Crippen MR) is 140 cm³/mol. The van der Waals surface area contributed by atoms with Gasteiger partial charge in [0.2, 0.25) is 0 Å². The van der Waals surface area contributed by atoms with Crippen molar-refractivity contribution in [2.24, 2.45) is 0 Å². The van der Waals surface area contributed by atoms with Gasteiger partial charge in [-0.2, -0.15) is 0 Å². The fourth-order valence-corrected chi connectivity index (χ4v) is 4.71. The lowest BCUT2D eigenvalue weighted by atomic mass is 10.1. The van der Waals surface area contributed by atoms with Gasteiger partial charge in [0.15, 0.2) is 0 Å². The number of esters is 2. The summed E-state index contributed by atoms with van der Waals surface area (Å²) in [6.07, 6.45) is 10.9. The van der Waals surface area contributed by atoms with Crippen LogP contribution >= 0.6 is 0 Å². The Morgan fingerprint density at radius 3 is 2.53 bits per heavy atom. The molecule has 3 atom stereocenters. The molecule has 2 aliphatic rings. The van der Waals surface area contributed by atoms with Gasteiger partial charge in [0.1, 0.15) is 25.0 Å². The quantitative estimate of drug-likeness (QED) is 0.216. The first-order valence-electron chi connectivity index (χ1n) is 13.6. The average Bonchev–Trinajstić information content (AvgIpc) is 3.27. The maximum Gasteiger partial charge on any atom is 0.330 e. The Kier molecular flexibility index (Phi) is 12.2. The van der Waals surface area contributed by atoms with Crippen LogP contribution in [0.25, 0.3) is 0 Å². The number of aryl methyl sites for hydroxylation is 1. The highest BCUT2D eigenvalue weighted by molar-refractivity contribution is 5.66. The number of allylic oxidation sites excluding steroid dienone is 1. The van der Waals surface area contributed by atoms with Crippen molar-refractivity contribution in [2.45, 2.75) is 83.6 Å². The standard InChI is InChI=1S/C27H41N3O8/c1-20(31)36-19-24-23(37-21(2)32)17-25(38-24)30-18-22(26(33)28-27(30)34)11-9-7-5-3-4-6-8-10-12-29-13-15-35-16-14-29/h8,10,18,23-25H,3-7,9,11-17,19H2,1-2H3,(H,28,33,34)/b10-8+/t23-,24+,25+/m0/s1. The summed E-state index contributed by atoms with van der Waals surface area (Å²) < 4.78 is 22.9. The zero-order chi connectivity index (χ0) is 27.3. The van der Waals surface area contributed by atoms with Crippen LogP contribution in [0, 0.1) is 0 Å². The number of aromatic nitrogens is 2. The van der Waals surface area contributed by atoms with E-state index in [1.165, 1.54) is 24.6 Å². The first-order valence-corrected chi connectivity index (χ1v) is 13.6. The van der Waals surface area contributed by atoms with Gasteiger partial charge in [0.25, 0.3) is 5.56 Å². The molecule has 11 nitrogen and oxygen atoms in total. The molecule has 2 aliphatic heterocycles. The second kappa shape index (κ2) is 15.6. The number of ether oxygens (including phenoxy) is 4. The number of carbonyl (C=O) groups excluding carboxylic acids is 2. The summed E-state index contributed by atoms with van der Waals surface area (Å²) in [5, 5.41) is 0. The number of hydrogen-bond donors (Lipinski definition) is 1. The van der Waals surface area contributed by atoms with Crippen LogP contribution in [0.1, 0.15) is 70.6 Å². The SMILES string of the molecule is CC(=O)OC[C@H]1O[C@@H](n2cc(CCCCCCC/C=C/CN3CCOCC3)c(=O)[nH]c2=O)C[C@@H]1OC(C)=O. The van der Waals surface area contributed by atoms with Gasteiger partial charge in [-0.05, 0) is 25.7 Å². The van der Waals surface area contributed by atoms with E-state index in [1.807, 2.05) is 0 Å². The number of nitrogens with zero attached hydrogens (tertiary/aromatic N) is 2. The van der Waals surface area contributed by atoms with Gasteiger partial charge in [-0.25, -0.2) is 4.79 Å². The molecule has 0 aromatic carbocycles. The van der Waals surface area contributed by atoms with Crippen molar-refractivity contribution in [3.8, 4) is 0 Å². The number of unbranched alkanes of at least 4 members (excludes halogenated alkanes) is 5. The summed E-state index contributed by atoms with van der Waals surface area (Å²) in [6.45, 7) is 7.10. The Bertz CT molecular complexity index is 1040. The first kappa shape index (κ1) is 29.8. The van der Waals surface area contributed by atoms with Crippen LogP contribution in [-0.4, -0.2) is 78.1 Å². The molecule has 3 heterocycles. The Balaban J connectivity index is 1.42. The highest BCUT2D eigenvalue weighted by atomic mass is 16.6. The minimum atomic E-state index is -0.751. The third-order valence-corrected chi connectivity index (χ3v) is 6.75. The molecule has 0 bridgehead atoms. The number of morpholine rings is 1. The average molecular weight is 536 g/mol. The van der Waals surface area contributed by atoms with Gasteiger partial charge in [-0.3, -0.25) is 28.8 Å². The van der Waals surface area contributed by atoms with Crippen molar-refractivity contribution in [3.63, 3.8) is 0 Å². The molecule has 1 N–H and O–H groups in total. The van der Waals surface area contributed by atoms with E-state index in [-0.39, 0.29) is 13.0 Å². The molecule has 3 rings (SSSR count). The van der Waals surface area contributed by atoms with E-state index in [2.05, 4.69) is 22.0 Å². The van der Waals surface area contributed by atoms with E-state index in [4.69, 9.17) is 18.9 Å². The van der Waals surface area contributed by atoms with E-state index in [1.54, 1.807) is 0 Å². The van der Waals surface area contributed by atoms with Crippen LogP contribution < -0.4 is 11.2 Å². The fraction of sp³-hybridized carbons (Fsp3) is 0.704. The second-order valence-corrected chi connectivity index (χ2v) is 9.83. The van der Waals surface area contributed by atoms with E-state index in [0.717, 1.165) is 71.4 Å². The highest BCUT2D eigenvalue weighted by Crippen LogP contribution is 2.30. The summed E-state index contributed by atoms with van der Waals surface area (Å²) in [6, 6.07) is 0. The van der Waals surface area contributed by atoms with Gasteiger partial charge < -0.3 is 18.9 Å². The van der Waals surface area contributed by atoms with Crippen molar-refractivity contribution in [2.75, 3.05) is 39.5 Å². The molecule has 1 aromatic heterocycles. The highest BCUT2D eigenvalue weighted by Gasteiger charge is 2.39. The monoisotopic (exact) mass is 535 g/mol. The van der Waals surface area contributed by atoms with Crippen LogP contribution in [0.3, 0.4) is 0 Å². The predicted octanol–water partition coefficient (Wildman–Crippen LogP) is 2.09. The molecule has 0 spiro atoms. The summed E-state index contributed by atoms with van der Waals surface area (Å²) in [7, 11) is 0. The first-order chi connectivity index (χ1) is 18.3. The van der Waals surface area contributed by atoms with Crippen LogP contribution in [0.2, 0.25) is 0 Å². The number of rotatable bonds is 14. The van der Waals surface area contributed by atoms with Crippen molar-refractivity contribution >= 4 is 11.9 Å². The Morgan fingerprint density at radius 1 is 1.05 bits per heavy atom. The van der Waals surface area contributed by atoms with Gasteiger partial charge >= 0.3 is 17.6 Å². The van der Waals surface area contributed by atoms with Gasteiger partial charge in [0.05, 0.1) is 13.2 Å². The molecule has 0 unspecified atom stereocenters.